The molecule has 1 amide bonds. The van der Waals surface area contributed by atoms with Gasteiger partial charge in [-0.1, -0.05) is 30.3 Å². The Balaban J connectivity index is 0.00000235. The fourth-order valence-corrected chi connectivity index (χ4v) is 6.73. The number of hydrogen-bond acceptors (Lipinski definition) is 13. The molecule has 0 aliphatic carbocycles. The van der Waals surface area contributed by atoms with Crippen molar-refractivity contribution in [3.63, 3.8) is 0 Å². The first-order chi connectivity index (χ1) is 19.6. The molecule has 0 aliphatic heterocycles. The molecule has 0 aromatic heterocycles. The average Bonchev–Trinajstić information content (AvgIpc) is 2.88. The molecule has 0 saturated carbocycles. The van der Waals surface area contributed by atoms with Crippen molar-refractivity contribution in [3.05, 3.63) is 66.2 Å². The van der Waals surface area contributed by atoms with Crippen molar-refractivity contribution in [2.45, 2.75) is 14.7 Å². The van der Waals surface area contributed by atoms with E-state index >= 15 is 0 Å². The average molecular weight is 701 g/mol. The topological polar surface area (TPSA) is 243 Å². The molecule has 5 aromatic rings. The molecule has 20 heteroatoms. The van der Waals surface area contributed by atoms with Gasteiger partial charge in [0.2, 0.25) is 0 Å². The van der Waals surface area contributed by atoms with Gasteiger partial charge in [-0.3, -0.25) is 4.79 Å². The molecule has 5 aromatic carbocycles. The van der Waals surface area contributed by atoms with Crippen LogP contribution in [-0.2, 0) is 35.1 Å². The minimum atomic E-state index is -5.36. The molecule has 0 fully saturated rings. The number of benzene rings is 5. The monoisotopic (exact) mass is 700 g/mol. The number of amides is 1. The van der Waals surface area contributed by atoms with Crippen molar-refractivity contribution in [1.29, 1.82) is 0 Å². The molecule has 0 atom stereocenters. The van der Waals surface area contributed by atoms with Crippen molar-refractivity contribution in [2.24, 2.45) is 5.10 Å². The SMILES string of the molecule is O=C(COc1cc(S(=O)(=O)[O-])c2ccc3c(S(=O)(=O)[O-])cc(S(=O)(=O)[O-])c4ccc1c2c43)N/N=C\c1cccc(O)c1.[Na+].[Na+].[Na+]. The summed E-state index contributed by atoms with van der Waals surface area (Å²) in [6, 6.07) is 11.6. The Bertz CT molecular complexity index is 2250. The molecule has 0 bridgehead atoms. The van der Waals surface area contributed by atoms with Crippen LogP contribution in [0, 0.1) is 0 Å². The summed E-state index contributed by atoms with van der Waals surface area (Å²) in [6.07, 6.45) is 1.22. The van der Waals surface area contributed by atoms with Gasteiger partial charge >= 0.3 is 88.7 Å². The predicted molar refractivity (Wildman–Crippen MR) is 143 cm³/mol. The molecular weight excluding hydrogens is 685 g/mol. The molecule has 2 N–H and O–H groups in total. The molecular formula is C25H15N2Na3O12S3. The molecule has 45 heavy (non-hydrogen) atoms. The predicted octanol–water partition coefficient (Wildman–Crippen LogP) is -7.46. The number of carbonyl (C=O) groups excluding carboxylic acids is 1. The van der Waals surface area contributed by atoms with Crippen molar-refractivity contribution < 1.29 is 142 Å². The first-order valence-electron chi connectivity index (χ1n) is 11.5. The van der Waals surface area contributed by atoms with E-state index in [1.807, 2.05) is 0 Å². The van der Waals surface area contributed by atoms with E-state index in [4.69, 9.17) is 4.74 Å². The van der Waals surface area contributed by atoms with Gasteiger partial charge in [0.1, 0.15) is 41.9 Å². The fraction of sp³-hybridized carbons (Fsp3) is 0.0400. The molecule has 0 heterocycles. The van der Waals surface area contributed by atoms with Gasteiger partial charge in [-0.2, -0.15) is 5.10 Å². The molecule has 14 nitrogen and oxygen atoms in total. The Morgan fingerprint density at radius 1 is 0.733 bits per heavy atom. The fourth-order valence-electron chi connectivity index (χ4n) is 4.57. The summed E-state index contributed by atoms with van der Waals surface area (Å²) in [7, 11) is -16.0. The van der Waals surface area contributed by atoms with Gasteiger partial charge in [0.05, 0.1) is 20.9 Å². The van der Waals surface area contributed by atoms with Crippen molar-refractivity contribution >= 4 is 74.8 Å². The van der Waals surface area contributed by atoms with E-state index in [1.54, 1.807) is 12.1 Å². The van der Waals surface area contributed by atoms with Crippen LogP contribution in [-0.4, -0.2) is 62.7 Å². The molecule has 0 aliphatic rings. The third-order valence-electron chi connectivity index (χ3n) is 6.19. The number of aromatic hydroxyl groups is 1. The van der Waals surface area contributed by atoms with Crippen LogP contribution in [0.5, 0.6) is 11.5 Å². The molecule has 218 valence electrons. The van der Waals surface area contributed by atoms with E-state index in [0.29, 0.717) is 11.6 Å². The van der Waals surface area contributed by atoms with E-state index in [0.717, 1.165) is 24.3 Å². The van der Waals surface area contributed by atoms with Crippen LogP contribution in [0.15, 0.2) is 80.5 Å². The maximum atomic E-state index is 12.4. The maximum Gasteiger partial charge on any atom is 1.00 e. The Morgan fingerprint density at radius 2 is 1.20 bits per heavy atom. The van der Waals surface area contributed by atoms with Crippen molar-refractivity contribution in [3.8, 4) is 11.5 Å². The summed E-state index contributed by atoms with van der Waals surface area (Å²) in [4.78, 5) is 9.39. The van der Waals surface area contributed by atoms with Gasteiger partial charge in [-0.25, -0.2) is 30.7 Å². The molecule has 0 spiro atoms. The largest absolute Gasteiger partial charge is 1.00 e. The van der Waals surface area contributed by atoms with Gasteiger partial charge in [-0.15, -0.1) is 0 Å². The Kier molecular flexibility index (Phi) is 13.1. The maximum absolute atomic E-state index is 12.4. The number of nitrogens with zero attached hydrogens (tertiary/aromatic N) is 1. The van der Waals surface area contributed by atoms with Gasteiger partial charge in [-0.05, 0) is 35.9 Å². The number of rotatable bonds is 8. The van der Waals surface area contributed by atoms with E-state index in [1.165, 1.54) is 24.4 Å². The standard InChI is InChI=1S/C25H18N2O12S3.3Na/c28-14-3-1-2-13(8-14)11-26-27-23(29)12-39-19-9-20(40(30,31)32)16-6-7-18-22(42(36,37)38)10-21(41(33,34)35)17-5-4-15(19)24(16)25(17)18;;;/h1-11,28H,12H2,(H,27,29)(H,30,31,32)(H,33,34,35)(H,36,37,38);;;/q;3*+1/p-3/b26-11-;;;. The zero-order valence-corrected chi connectivity index (χ0v) is 32.1. The number of nitrogens with one attached hydrogen (secondary N) is 1. The van der Waals surface area contributed by atoms with E-state index < -0.39 is 57.6 Å². The van der Waals surface area contributed by atoms with Crippen LogP contribution < -0.4 is 98.8 Å². The van der Waals surface area contributed by atoms with Crippen LogP contribution in [0.3, 0.4) is 0 Å². The number of phenols is 1. The zero-order chi connectivity index (χ0) is 30.6. The van der Waals surface area contributed by atoms with E-state index in [-0.39, 0.29) is 132 Å². The third-order valence-corrected chi connectivity index (χ3v) is 8.82. The third kappa shape index (κ3) is 8.37. The van der Waals surface area contributed by atoms with Crippen molar-refractivity contribution in [1.82, 2.24) is 5.43 Å². The summed E-state index contributed by atoms with van der Waals surface area (Å²) in [5, 5.41) is 11.7. The van der Waals surface area contributed by atoms with Gasteiger partial charge in [0.25, 0.3) is 5.91 Å². The summed E-state index contributed by atoms with van der Waals surface area (Å²) in [5.74, 6) is -1.21. The van der Waals surface area contributed by atoms with Crippen molar-refractivity contribution in [2.75, 3.05) is 6.61 Å². The number of ether oxygens (including phenoxy) is 1. The normalized spacial score (nSPS) is 12.1. The van der Waals surface area contributed by atoms with E-state index in [9.17, 15) is 48.8 Å². The molecule has 0 radical (unpaired) electrons. The van der Waals surface area contributed by atoms with Crippen LogP contribution in [0.2, 0.25) is 0 Å². The second kappa shape index (κ2) is 14.8. The molecule has 0 saturated heterocycles. The zero-order valence-electron chi connectivity index (χ0n) is 23.7. The number of hydrazone groups is 1. The number of hydrogen-bond donors (Lipinski definition) is 2. The minimum absolute atomic E-state index is 0. The second-order valence-corrected chi connectivity index (χ2v) is 12.9. The summed E-state index contributed by atoms with van der Waals surface area (Å²) in [5.41, 5.74) is 2.60. The number of carbonyl (C=O) groups is 1. The number of phenolic OH excluding ortho intramolecular Hbond substituents is 1. The Labute approximate surface area is 322 Å². The summed E-state index contributed by atoms with van der Waals surface area (Å²) < 4.78 is 114. The van der Waals surface area contributed by atoms with Gasteiger partial charge < -0.3 is 23.5 Å². The quantitative estimate of drug-likeness (QED) is 0.0504. The van der Waals surface area contributed by atoms with Crippen LogP contribution in [0.4, 0.5) is 0 Å². The molecule has 0 unspecified atom stereocenters. The minimum Gasteiger partial charge on any atom is -0.744 e. The smallest absolute Gasteiger partial charge is 0.744 e. The molecule has 5 rings (SSSR count). The van der Waals surface area contributed by atoms with Gasteiger partial charge in [0.15, 0.2) is 6.61 Å². The van der Waals surface area contributed by atoms with Crippen LogP contribution in [0.25, 0.3) is 32.3 Å². The van der Waals surface area contributed by atoms with Crippen LogP contribution in [0.1, 0.15) is 5.56 Å². The summed E-state index contributed by atoms with van der Waals surface area (Å²) in [6.45, 7) is -0.764. The first kappa shape index (κ1) is 39.8. The second-order valence-electron chi connectivity index (χ2n) is 8.86. The Hall–Kier alpha value is -1.39. The van der Waals surface area contributed by atoms with Gasteiger partial charge in [0, 0.05) is 32.3 Å². The van der Waals surface area contributed by atoms with Crippen LogP contribution >= 0.6 is 0 Å². The Morgan fingerprint density at radius 3 is 1.69 bits per heavy atom. The first-order valence-corrected chi connectivity index (χ1v) is 15.7. The summed E-state index contributed by atoms with van der Waals surface area (Å²) >= 11 is 0. The van der Waals surface area contributed by atoms with E-state index in [2.05, 4.69) is 10.5 Å².